The fourth-order valence-electron chi connectivity index (χ4n) is 1.82. The number of nitrogens with zero attached hydrogens (tertiary/aromatic N) is 1. The quantitative estimate of drug-likeness (QED) is 0.803. The summed E-state index contributed by atoms with van der Waals surface area (Å²) in [5.41, 5.74) is 11.8. The predicted molar refractivity (Wildman–Crippen MR) is 75.0 cm³/mol. The van der Waals surface area contributed by atoms with Crippen LogP contribution in [0.2, 0.25) is 0 Å². The SMILES string of the molecule is CSc1c(N(C)CC2CC2)sc(C(N)=O)c1N. The third-order valence-electron chi connectivity index (χ3n) is 2.89. The number of rotatable bonds is 5. The summed E-state index contributed by atoms with van der Waals surface area (Å²) in [4.78, 5) is 14.9. The minimum atomic E-state index is -0.436. The number of hydrogen-bond donors (Lipinski definition) is 2. The number of carbonyl (C=O) groups excluding carboxylic acids is 1. The molecule has 0 spiro atoms. The molecule has 4 nitrogen and oxygen atoms in total. The Kier molecular flexibility index (Phi) is 3.53. The molecule has 17 heavy (non-hydrogen) atoms. The lowest BCUT2D eigenvalue weighted by molar-refractivity contribution is 0.100. The van der Waals surface area contributed by atoms with E-state index in [0.29, 0.717) is 10.6 Å². The largest absolute Gasteiger partial charge is 0.396 e. The van der Waals surface area contributed by atoms with Gasteiger partial charge in [-0.1, -0.05) is 0 Å². The highest BCUT2D eigenvalue weighted by Crippen LogP contribution is 2.44. The molecule has 0 radical (unpaired) electrons. The van der Waals surface area contributed by atoms with E-state index in [0.717, 1.165) is 22.4 Å². The lowest BCUT2D eigenvalue weighted by Crippen LogP contribution is -2.19. The number of nitrogen functional groups attached to an aromatic ring is 1. The van der Waals surface area contributed by atoms with Crippen molar-refractivity contribution in [3.8, 4) is 0 Å². The first-order valence-corrected chi connectivity index (χ1v) is 7.56. The van der Waals surface area contributed by atoms with Crippen LogP contribution in [0.1, 0.15) is 22.5 Å². The predicted octanol–water partition coefficient (Wildman–Crippen LogP) is 2.00. The van der Waals surface area contributed by atoms with Crippen molar-refractivity contribution in [2.24, 2.45) is 11.7 Å². The molecular formula is C11H17N3OS2. The van der Waals surface area contributed by atoms with Gasteiger partial charge in [0, 0.05) is 13.6 Å². The molecule has 1 aliphatic rings. The highest BCUT2D eigenvalue weighted by Gasteiger charge is 2.26. The summed E-state index contributed by atoms with van der Waals surface area (Å²) in [5.74, 6) is 0.365. The standard InChI is InChI=1S/C11H17N3OS2/c1-14(5-6-3-4-6)11-9(16-2)7(12)8(17-11)10(13)15/h6H,3-5,12H2,1-2H3,(H2,13,15). The van der Waals surface area contributed by atoms with Crippen molar-refractivity contribution in [3.63, 3.8) is 0 Å². The molecule has 4 N–H and O–H groups in total. The number of thiophene rings is 1. The van der Waals surface area contributed by atoms with Crippen LogP contribution in [0, 0.1) is 5.92 Å². The van der Waals surface area contributed by atoms with E-state index in [1.165, 1.54) is 24.2 Å². The first-order chi connectivity index (χ1) is 8.04. The van der Waals surface area contributed by atoms with Gasteiger partial charge in [-0.05, 0) is 25.0 Å². The molecule has 94 valence electrons. The van der Waals surface area contributed by atoms with Crippen LogP contribution < -0.4 is 16.4 Å². The molecule has 0 aliphatic heterocycles. The lowest BCUT2D eigenvalue weighted by atomic mass is 10.3. The normalized spacial score (nSPS) is 14.9. The van der Waals surface area contributed by atoms with E-state index < -0.39 is 5.91 Å². The van der Waals surface area contributed by atoms with Gasteiger partial charge in [-0.15, -0.1) is 23.1 Å². The van der Waals surface area contributed by atoms with Gasteiger partial charge in [-0.3, -0.25) is 4.79 Å². The van der Waals surface area contributed by atoms with Crippen molar-refractivity contribution in [2.75, 3.05) is 30.5 Å². The molecule has 1 aromatic rings. The number of carbonyl (C=O) groups is 1. The Morgan fingerprint density at radius 3 is 2.71 bits per heavy atom. The molecule has 2 rings (SSSR count). The number of anilines is 2. The van der Waals surface area contributed by atoms with Crippen LogP contribution in [-0.2, 0) is 0 Å². The Bertz CT molecular complexity index is 440. The molecule has 1 aromatic heterocycles. The third kappa shape index (κ3) is 2.52. The fourth-order valence-corrected chi connectivity index (χ4v) is 3.85. The van der Waals surface area contributed by atoms with E-state index in [1.807, 2.05) is 13.3 Å². The second kappa shape index (κ2) is 4.78. The van der Waals surface area contributed by atoms with Gasteiger partial charge in [0.25, 0.3) is 5.91 Å². The zero-order chi connectivity index (χ0) is 12.6. The van der Waals surface area contributed by atoms with Gasteiger partial charge in [0.15, 0.2) is 0 Å². The molecule has 0 unspecified atom stereocenters. The van der Waals surface area contributed by atoms with Gasteiger partial charge < -0.3 is 16.4 Å². The smallest absolute Gasteiger partial charge is 0.261 e. The Balaban J connectivity index is 2.30. The van der Waals surface area contributed by atoms with Crippen LogP contribution in [-0.4, -0.2) is 25.8 Å². The highest BCUT2D eigenvalue weighted by atomic mass is 32.2. The van der Waals surface area contributed by atoms with Crippen LogP contribution in [0.4, 0.5) is 10.7 Å². The summed E-state index contributed by atoms with van der Waals surface area (Å²) >= 11 is 2.97. The van der Waals surface area contributed by atoms with Gasteiger partial charge in [0.1, 0.15) is 9.88 Å². The van der Waals surface area contributed by atoms with Crippen LogP contribution in [0.5, 0.6) is 0 Å². The van der Waals surface area contributed by atoms with Crippen molar-refractivity contribution < 1.29 is 4.79 Å². The number of thioether (sulfide) groups is 1. The molecule has 0 aromatic carbocycles. The molecule has 6 heteroatoms. The van der Waals surface area contributed by atoms with Crippen LogP contribution in [0.15, 0.2) is 4.90 Å². The molecule has 1 aliphatic carbocycles. The summed E-state index contributed by atoms with van der Waals surface area (Å²) in [6.45, 7) is 1.03. The summed E-state index contributed by atoms with van der Waals surface area (Å²) in [7, 11) is 2.05. The topological polar surface area (TPSA) is 72.3 Å². The van der Waals surface area contributed by atoms with Crippen LogP contribution >= 0.6 is 23.1 Å². The fraction of sp³-hybridized carbons (Fsp3) is 0.545. The highest BCUT2D eigenvalue weighted by molar-refractivity contribution is 7.99. The number of hydrogen-bond acceptors (Lipinski definition) is 5. The van der Waals surface area contributed by atoms with Crippen LogP contribution in [0.3, 0.4) is 0 Å². The Labute approximate surface area is 109 Å². The van der Waals surface area contributed by atoms with E-state index in [2.05, 4.69) is 4.90 Å². The molecule has 1 saturated carbocycles. The second-order valence-corrected chi connectivity index (χ2v) is 6.19. The molecular weight excluding hydrogens is 254 g/mol. The van der Waals surface area contributed by atoms with E-state index in [4.69, 9.17) is 11.5 Å². The van der Waals surface area contributed by atoms with E-state index in [-0.39, 0.29) is 0 Å². The maximum Gasteiger partial charge on any atom is 0.261 e. The average molecular weight is 271 g/mol. The maximum atomic E-state index is 11.3. The molecule has 0 atom stereocenters. The van der Waals surface area contributed by atoms with E-state index in [9.17, 15) is 4.79 Å². The van der Waals surface area contributed by atoms with Crippen molar-refractivity contribution >= 4 is 39.7 Å². The zero-order valence-corrected chi connectivity index (χ0v) is 11.7. The van der Waals surface area contributed by atoms with Gasteiger partial charge in [0.2, 0.25) is 0 Å². The maximum absolute atomic E-state index is 11.3. The summed E-state index contributed by atoms with van der Waals surface area (Å²) in [6, 6.07) is 0. The number of amides is 1. The van der Waals surface area contributed by atoms with E-state index in [1.54, 1.807) is 11.8 Å². The van der Waals surface area contributed by atoms with Gasteiger partial charge >= 0.3 is 0 Å². The van der Waals surface area contributed by atoms with Crippen LogP contribution in [0.25, 0.3) is 0 Å². The van der Waals surface area contributed by atoms with Crippen molar-refractivity contribution in [3.05, 3.63) is 4.88 Å². The third-order valence-corrected chi connectivity index (χ3v) is 5.17. The first-order valence-electron chi connectivity index (χ1n) is 5.51. The summed E-state index contributed by atoms with van der Waals surface area (Å²) in [6.07, 6.45) is 4.59. The molecule has 0 bridgehead atoms. The lowest BCUT2D eigenvalue weighted by Gasteiger charge is -2.18. The van der Waals surface area contributed by atoms with Crippen molar-refractivity contribution in [2.45, 2.75) is 17.7 Å². The minimum Gasteiger partial charge on any atom is -0.396 e. The Morgan fingerprint density at radius 2 is 2.24 bits per heavy atom. The number of primary amides is 1. The molecule has 1 heterocycles. The van der Waals surface area contributed by atoms with Gasteiger partial charge in [0.05, 0.1) is 10.6 Å². The Hall–Kier alpha value is -0.880. The first kappa shape index (κ1) is 12.6. The van der Waals surface area contributed by atoms with E-state index >= 15 is 0 Å². The monoisotopic (exact) mass is 271 g/mol. The van der Waals surface area contributed by atoms with Crippen molar-refractivity contribution in [1.82, 2.24) is 0 Å². The zero-order valence-electron chi connectivity index (χ0n) is 10.0. The van der Waals surface area contributed by atoms with Gasteiger partial charge in [-0.25, -0.2) is 0 Å². The minimum absolute atomic E-state index is 0.436. The Morgan fingerprint density at radius 1 is 1.59 bits per heavy atom. The number of nitrogens with two attached hydrogens (primary N) is 2. The molecule has 0 saturated heterocycles. The van der Waals surface area contributed by atoms with Gasteiger partial charge in [-0.2, -0.15) is 0 Å². The second-order valence-electron chi connectivity index (χ2n) is 4.37. The van der Waals surface area contributed by atoms with Crippen molar-refractivity contribution in [1.29, 1.82) is 0 Å². The summed E-state index contributed by atoms with van der Waals surface area (Å²) < 4.78 is 0. The summed E-state index contributed by atoms with van der Waals surface area (Å²) in [5, 5.41) is 1.07. The average Bonchev–Trinajstić information content (AvgIpc) is 3.00. The molecule has 1 amide bonds. The molecule has 1 fully saturated rings.